The molecule has 0 atom stereocenters. The monoisotopic (exact) mass is 337 g/mol. The number of hydrogen-bond acceptors (Lipinski definition) is 2. The van der Waals surface area contributed by atoms with Crippen LogP contribution >= 0.6 is 11.6 Å². The van der Waals surface area contributed by atoms with Gasteiger partial charge in [-0.2, -0.15) is 0 Å². The Bertz CT molecular complexity index is 525. The first-order valence-corrected chi connectivity index (χ1v) is 8.78. The molecule has 0 spiro atoms. The van der Waals surface area contributed by atoms with Gasteiger partial charge in [0, 0.05) is 30.2 Å². The lowest BCUT2D eigenvalue weighted by Crippen LogP contribution is -2.39. The molecule has 0 radical (unpaired) electrons. The second kappa shape index (κ2) is 8.55. The smallest absolute Gasteiger partial charge is 0.188 e. The van der Waals surface area contributed by atoms with Crippen molar-refractivity contribution in [3.05, 3.63) is 34.9 Å². The number of hydrogen-bond donors (Lipinski definition) is 2. The zero-order chi connectivity index (χ0) is 16.7. The number of ether oxygens (including phenoxy) is 1. The third kappa shape index (κ3) is 5.11. The molecule has 1 aliphatic heterocycles. The van der Waals surface area contributed by atoms with Gasteiger partial charge in [-0.1, -0.05) is 43.6 Å². The molecule has 0 aromatic heterocycles. The van der Waals surface area contributed by atoms with Crippen LogP contribution in [-0.4, -0.2) is 32.3 Å². The maximum Gasteiger partial charge on any atom is 0.188 e. The van der Waals surface area contributed by atoms with Gasteiger partial charge in [0.05, 0.1) is 6.54 Å². The fraction of sp³-hybridized carbons (Fsp3) is 0.611. The normalized spacial score (nSPS) is 18.2. The molecule has 0 unspecified atom stereocenters. The summed E-state index contributed by atoms with van der Waals surface area (Å²) in [5.41, 5.74) is 7.10. The summed E-state index contributed by atoms with van der Waals surface area (Å²) in [4.78, 5) is 4.60. The van der Waals surface area contributed by atoms with Crippen LogP contribution in [0.4, 0.5) is 0 Å². The van der Waals surface area contributed by atoms with Gasteiger partial charge >= 0.3 is 0 Å². The van der Waals surface area contributed by atoms with Crippen LogP contribution in [0.25, 0.3) is 0 Å². The van der Waals surface area contributed by atoms with Crippen LogP contribution in [0.5, 0.6) is 0 Å². The van der Waals surface area contributed by atoms with Crippen LogP contribution in [-0.2, 0) is 10.2 Å². The van der Waals surface area contributed by atoms with Gasteiger partial charge in [-0.25, -0.2) is 0 Å². The highest BCUT2D eigenvalue weighted by atomic mass is 35.5. The van der Waals surface area contributed by atoms with Gasteiger partial charge < -0.3 is 15.8 Å². The lowest BCUT2D eigenvalue weighted by atomic mass is 9.74. The molecule has 1 saturated heterocycles. The molecule has 1 aromatic carbocycles. The topological polar surface area (TPSA) is 59.6 Å². The Hall–Kier alpha value is -1.26. The van der Waals surface area contributed by atoms with E-state index in [2.05, 4.69) is 30.2 Å². The molecule has 4 nitrogen and oxygen atoms in total. The molecule has 1 fully saturated rings. The van der Waals surface area contributed by atoms with E-state index in [1.165, 1.54) is 0 Å². The van der Waals surface area contributed by atoms with Crippen LogP contribution in [0.3, 0.4) is 0 Å². The van der Waals surface area contributed by atoms with Crippen molar-refractivity contribution in [3.63, 3.8) is 0 Å². The number of nitrogens with two attached hydrogens (primary N) is 1. The van der Waals surface area contributed by atoms with E-state index >= 15 is 0 Å². The van der Waals surface area contributed by atoms with Gasteiger partial charge in [0.25, 0.3) is 0 Å². The Kier molecular flexibility index (Phi) is 6.72. The Morgan fingerprint density at radius 3 is 2.70 bits per heavy atom. The second-order valence-electron chi connectivity index (χ2n) is 6.68. The summed E-state index contributed by atoms with van der Waals surface area (Å²) in [6.07, 6.45) is 2.92. The third-order valence-corrected chi connectivity index (χ3v) is 4.80. The van der Waals surface area contributed by atoms with Crippen molar-refractivity contribution in [1.82, 2.24) is 5.32 Å². The minimum Gasteiger partial charge on any atom is -0.381 e. The number of nitrogens with zero attached hydrogens (tertiary/aromatic N) is 1. The number of aliphatic imine (C=N–C) groups is 1. The third-order valence-electron chi connectivity index (χ3n) is 4.47. The predicted octanol–water partition coefficient (Wildman–Crippen LogP) is 3.34. The highest BCUT2D eigenvalue weighted by molar-refractivity contribution is 6.31. The average Bonchev–Trinajstić information content (AvgIpc) is 2.54. The van der Waals surface area contributed by atoms with Crippen molar-refractivity contribution in [2.24, 2.45) is 16.6 Å². The first-order valence-electron chi connectivity index (χ1n) is 8.40. The lowest BCUT2D eigenvalue weighted by molar-refractivity contribution is 0.0531. The van der Waals surface area contributed by atoms with Gasteiger partial charge in [-0.15, -0.1) is 0 Å². The fourth-order valence-electron chi connectivity index (χ4n) is 2.95. The Labute approximate surface area is 144 Å². The fourth-order valence-corrected chi connectivity index (χ4v) is 3.28. The number of rotatable bonds is 6. The minimum atomic E-state index is -0.0824. The van der Waals surface area contributed by atoms with E-state index in [0.717, 1.165) is 49.6 Å². The number of benzene rings is 1. The molecule has 5 heteroatoms. The number of halogens is 1. The Balaban J connectivity index is 2.09. The zero-order valence-electron chi connectivity index (χ0n) is 14.1. The largest absolute Gasteiger partial charge is 0.381 e. The molecule has 0 saturated carbocycles. The minimum absolute atomic E-state index is 0.0824. The maximum atomic E-state index is 6.44. The van der Waals surface area contributed by atoms with Crippen molar-refractivity contribution < 1.29 is 4.74 Å². The van der Waals surface area contributed by atoms with Crippen molar-refractivity contribution in [2.75, 3.05) is 26.3 Å². The van der Waals surface area contributed by atoms with E-state index in [4.69, 9.17) is 22.1 Å². The molecule has 1 aromatic rings. The summed E-state index contributed by atoms with van der Waals surface area (Å²) in [7, 11) is 0. The number of nitrogens with one attached hydrogen (secondary N) is 1. The molecule has 23 heavy (non-hydrogen) atoms. The molecule has 1 heterocycles. The van der Waals surface area contributed by atoms with Gasteiger partial charge in [-0.3, -0.25) is 4.99 Å². The van der Waals surface area contributed by atoms with E-state index in [1.54, 1.807) is 0 Å². The highest BCUT2D eigenvalue weighted by Crippen LogP contribution is 2.38. The summed E-state index contributed by atoms with van der Waals surface area (Å²) in [6, 6.07) is 8.05. The van der Waals surface area contributed by atoms with Crippen molar-refractivity contribution in [3.8, 4) is 0 Å². The Morgan fingerprint density at radius 1 is 1.35 bits per heavy atom. The molecule has 0 aliphatic carbocycles. The molecule has 0 amide bonds. The van der Waals surface area contributed by atoms with Crippen LogP contribution < -0.4 is 11.1 Å². The number of guanidine groups is 1. The van der Waals surface area contributed by atoms with Crippen molar-refractivity contribution >= 4 is 17.6 Å². The van der Waals surface area contributed by atoms with Crippen LogP contribution in [0.1, 0.15) is 38.7 Å². The van der Waals surface area contributed by atoms with Crippen LogP contribution in [0, 0.1) is 5.92 Å². The van der Waals surface area contributed by atoms with Gasteiger partial charge in [0.1, 0.15) is 0 Å². The summed E-state index contributed by atoms with van der Waals surface area (Å²) < 4.78 is 5.55. The summed E-state index contributed by atoms with van der Waals surface area (Å²) in [5, 5.41) is 4.00. The molecular formula is C18H28ClN3O. The maximum absolute atomic E-state index is 6.44. The quantitative estimate of drug-likeness (QED) is 0.618. The predicted molar refractivity (Wildman–Crippen MR) is 97.1 cm³/mol. The first kappa shape index (κ1) is 18.1. The van der Waals surface area contributed by atoms with Crippen molar-refractivity contribution in [1.29, 1.82) is 0 Å². The zero-order valence-corrected chi connectivity index (χ0v) is 14.9. The first-order chi connectivity index (χ1) is 11.0. The standard InChI is InChI=1S/C18H28ClN3O/c1-14(2)7-10-21-17(20)22-13-18(8-11-23-12-9-18)15-5-3-4-6-16(15)19/h3-6,14H,7-13H2,1-2H3,(H3,20,21,22). The Morgan fingerprint density at radius 2 is 2.04 bits per heavy atom. The van der Waals surface area contributed by atoms with Crippen molar-refractivity contribution in [2.45, 2.75) is 38.5 Å². The van der Waals surface area contributed by atoms with E-state index in [-0.39, 0.29) is 5.41 Å². The van der Waals surface area contributed by atoms with E-state index in [1.807, 2.05) is 18.2 Å². The van der Waals surface area contributed by atoms with E-state index in [9.17, 15) is 0 Å². The molecule has 3 N–H and O–H groups in total. The molecule has 128 valence electrons. The summed E-state index contributed by atoms with van der Waals surface area (Å²) >= 11 is 6.44. The van der Waals surface area contributed by atoms with Gasteiger partial charge in [0.2, 0.25) is 0 Å². The highest BCUT2D eigenvalue weighted by Gasteiger charge is 2.35. The summed E-state index contributed by atoms with van der Waals surface area (Å²) in [6.45, 7) is 7.37. The lowest BCUT2D eigenvalue weighted by Gasteiger charge is -2.37. The molecule has 1 aliphatic rings. The van der Waals surface area contributed by atoms with Gasteiger partial charge in [0.15, 0.2) is 5.96 Å². The molecule has 2 rings (SSSR count). The molecular weight excluding hydrogens is 310 g/mol. The SMILES string of the molecule is CC(C)CCNC(N)=NCC1(c2ccccc2Cl)CCOCC1. The summed E-state index contributed by atoms with van der Waals surface area (Å²) in [5.74, 6) is 1.17. The second-order valence-corrected chi connectivity index (χ2v) is 7.09. The molecule has 0 bridgehead atoms. The van der Waals surface area contributed by atoms with Gasteiger partial charge in [-0.05, 0) is 36.8 Å². The average molecular weight is 338 g/mol. The van der Waals surface area contributed by atoms with E-state index < -0.39 is 0 Å². The van der Waals surface area contributed by atoms with E-state index in [0.29, 0.717) is 18.4 Å². The van der Waals surface area contributed by atoms with Crippen LogP contribution in [0.15, 0.2) is 29.3 Å². The van der Waals surface area contributed by atoms with Crippen LogP contribution in [0.2, 0.25) is 5.02 Å².